The maximum atomic E-state index is 7.53. The number of aromatic nitrogens is 1. The van der Waals surface area contributed by atoms with E-state index >= 15 is 0 Å². The summed E-state index contributed by atoms with van der Waals surface area (Å²) in [4.78, 5) is 13.7. The molecule has 2 N–H and O–H groups in total. The second-order valence-corrected chi connectivity index (χ2v) is 12.0. The average Bonchev–Trinajstić information content (AvgIpc) is 3.93. The van der Waals surface area contributed by atoms with Crippen LogP contribution in [0.25, 0.3) is 17.9 Å². The van der Waals surface area contributed by atoms with Crippen LogP contribution in [0.2, 0.25) is 20.1 Å². The van der Waals surface area contributed by atoms with Gasteiger partial charge in [0.25, 0.3) is 0 Å². The number of hydrogen-bond acceptors (Lipinski definition) is 2. The Balaban J connectivity index is 0.000000209. The van der Waals surface area contributed by atoms with Gasteiger partial charge in [0, 0.05) is 0 Å². The third kappa shape index (κ3) is 18.0. The van der Waals surface area contributed by atoms with Crippen LogP contribution in [0, 0.1) is 30.8 Å². The average molecular weight is 803 g/mol. The van der Waals surface area contributed by atoms with E-state index in [0.29, 0.717) is 0 Å². The summed E-state index contributed by atoms with van der Waals surface area (Å²) in [6.45, 7) is 5.30. The molecule has 1 aromatic heterocycles. The number of halogens is 4. The predicted molar refractivity (Wildman–Crippen MR) is 218 cm³/mol. The number of nitrogens with one attached hydrogen (secondary N) is 2. The SMILES string of the molecule is Clc1cc[c-]cc1.Clc1cc[c-]cc1.Clc1cc[c-]cc1.Clc1cc[c-]cc1.[CH-]=CC([NH-])=Cc1ccc(C=C2C=CC(C=C3C=CC([CH]=[Ni])=N3)=N2)[nH]1. The molecule has 0 spiro atoms. The van der Waals surface area contributed by atoms with Crippen molar-refractivity contribution in [2.45, 2.75) is 0 Å². The third-order valence-electron chi connectivity index (χ3n) is 5.99. The second-order valence-electron chi connectivity index (χ2n) is 9.98. The second kappa shape index (κ2) is 24.4. The van der Waals surface area contributed by atoms with E-state index in [2.05, 4.69) is 54.3 Å². The Hall–Kier alpha value is -4.74. The van der Waals surface area contributed by atoms with Gasteiger partial charge in [0.1, 0.15) is 0 Å². The Bertz CT molecular complexity index is 1900. The molecular weight excluding hydrogens is 773 g/mol. The van der Waals surface area contributed by atoms with E-state index in [1.165, 1.54) is 6.08 Å². The normalized spacial score (nSPS) is 13.9. The van der Waals surface area contributed by atoms with Gasteiger partial charge in [0.2, 0.25) is 0 Å². The zero-order valence-electron chi connectivity index (χ0n) is 27.4. The molecule has 0 saturated carbocycles. The van der Waals surface area contributed by atoms with Crippen molar-refractivity contribution < 1.29 is 15.0 Å². The number of nitrogens with zero attached hydrogens (tertiary/aromatic N) is 2. The number of allylic oxidation sites excluding steroid dienone is 6. The summed E-state index contributed by atoms with van der Waals surface area (Å²) in [7, 11) is 0. The Labute approximate surface area is 333 Å². The Morgan fingerprint density at radius 1 is 0.577 bits per heavy atom. The molecule has 0 saturated heterocycles. The van der Waals surface area contributed by atoms with E-state index in [9.17, 15) is 0 Å². The van der Waals surface area contributed by atoms with Gasteiger partial charge in [-0.05, 0) is 0 Å². The van der Waals surface area contributed by atoms with Gasteiger partial charge in [0.05, 0.1) is 0 Å². The molecule has 9 heteroatoms. The molecule has 2 aliphatic rings. The molecule has 0 bridgehead atoms. The van der Waals surface area contributed by atoms with Crippen molar-refractivity contribution in [2.75, 3.05) is 0 Å². The van der Waals surface area contributed by atoms with Crippen LogP contribution < -0.4 is 0 Å². The van der Waals surface area contributed by atoms with E-state index in [0.717, 1.165) is 54.3 Å². The molecule has 0 fully saturated rings. The van der Waals surface area contributed by atoms with Crippen LogP contribution in [0.1, 0.15) is 11.4 Å². The van der Waals surface area contributed by atoms with Crippen molar-refractivity contribution in [3.63, 3.8) is 0 Å². The number of aromatic amines is 1. The van der Waals surface area contributed by atoms with Crippen LogP contribution in [0.15, 0.2) is 173 Å². The fraction of sp³-hybridized carbons (Fsp3) is 0. The van der Waals surface area contributed by atoms with Crippen LogP contribution in [-0.4, -0.2) is 21.4 Å². The first kappa shape index (κ1) is 41.7. The van der Waals surface area contributed by atoms with Gasteiger partial charge < -0.3 is 11.4 Å². The van der Waals surface area contributed by atoms with Gasteiger partial charge in [-0.25, -0.2) is 0 Å². The van der Waals surface area contributed by atoms with Gasteiger partial charge in [-0.15, -0.1) is 52.5 Å². The van der Waals surface area contributed by atoms with Crippen molar-refractivity contribution in [3.05, 3.63) is 231 Å². The minimum absolute atomic E-state index is 0.255. The monoisotopic (exact) mass is 800 g/mol. The molecule has 0 aliphatic carbocycles. The molecular formula is C43H30Cl4N4Ni-6. The summed E-state index contributed by atoms with van der Waals surface area (Å²) in [5, 5.41) is 3.05. The number of benzene rings is 4. The van der Waals surface area contributed by atoms with Gasteiger partial charge in [-0.1, -0.05) is 20.1 Å². The van der Waals surface area contributed by atoms with Crippen LogP contribution >= 0.6 is 46.4 Å². The number of aliphatic imine (C=N–C) groups is 2. The van der Waals surface area contributed by atoms with Crippen molar-refractivity contribution in [1.82, 2.24) is 4.98 Å². The van der Waals surface area contributed by atoms with Crippen molar-refractivity contribution in [2.24, 2.45) is 9.98 Å². The maximum absolute atomic E-state index is 7.53. The molecule has 3 heterocycles. The molecule has 0 unspecified atom stereocenters. The number of hydrogen-bond donors (Lipinski definition) is 1. The summed E-state index contributed by atoms with van der Waals surface area (Å²) in [6, 6.07) is 43.8. The Morgan fingerprint density at radius 3 is 1.33 bits per heavy atom. The third-order valence-corrected chi connectivity index (χ3v) is 7.29. The zero-order valence-corrected chi connectivity index (χ0v) is 31.4. The van der Waals surface area contributed by atoms with Crippen LogP contribution in [0.3, 0.4) is 0 Å². The van der Waals surface area contributed by atoms with E-state index in [-0.39, 0.29) is 5.70 Å². The van der Waals surface area contributed by atoms with Gasteiger partial charge in [-0.3, -0.25) is 12.7 Å². The summed E-state index contributed by atoms with van der Waals surface area (Å²) >= 11 is 26.6. The van der Waals surface area contributed by atoms with Crippen molar-refractivity contribution in [3.8, 4) is 0 Å². The van der Waals surface area contributed by atoms with E-state index in [4.69, 9.17) is 58.7 Å². The van der Waals surface area contributed by atoms with Crippen LogP contribution in [-0.2, 0) is 15.0 Å². The molecule has 5 aromatic rings. The quantitative estimate of drug-likeness (QED) is 0.105. The Kier molecular flexibility index (Phi) is 19.6. The van der Waals surface area contributed by atoms with Gasteiger partial charge in [-0.2, -0.15) is 121 Å². The summed E-state index contributed by atoms with van der Waals surface area (Å²) in [6.07, 6.45) is 14.4. The first-order chi connectivity index (χ1) is 25.2. The van der Waals surface area contributed by atoms with E-state index in [1.54, 1.807) is 108 Å². The molecule has 7 rings (SSSR count). The molecule has 0 radical (unpaired) electrons. The standard InChI is InChI=1S/C19H14N4.4C6H4Cl.Ni/c1-3-14(20)10-15-6-7-18(22-15)12-19-9-8-17(23-19)11-16-5-4-13(2)21-16;4*7-6-4-2-1-3-5-6;/h1-12,20,22H;4*2-5H;/q-2;4*-1;. The molecule has 52 heavy (non-hydrogen) atoms. The first-order valence-electron chi connectivity index (χ1n) is 15.2. The molecule has 4 nitrogen and oxygen atoms in total. The first-order valence-corrected chi connectivity index (χ1v) is 17.3. The van der Waals surface area contributed by atoms with Crippen LogP contribution in [0.4, 0.5) is 0 Å². The van der Waals surface area contributed by atoms with E-state index < -0.39 is 0 Å². The van der Waals surface area contributed by atoms with Gasteiger partial charge >= 0.3 is 118 Å². The topological polar surface area (TPSA) is 64.3 Å². The molecule has 2 aliphatic heterocycles. The number of H-pyrrole nitrogens is 1. The fourth-order valence-corrected chi connectivity index (χ4v) is 4.33. The van der Waals surface area contributed by atoms with E-state index in [1.807, 2.05) is 48.6 Å². The zero-order chi connectivity index (χ0) is 37.4. The molecule has 266 valence electrons. The molecule has 0 amide bonds. The van der Waals surface area contributed by atoms with Gasteiger partial charge in [0.15, 0.2) is 0 Å². The van der Waals surface area contributed by atoms with Crippen LogP contribution in [0.5, 0.6) is 0 Å². The van der Waals surface area contributed by atoms with Crippen molar-refractivity contribution in [1.29, 1.82) is 0 Å². The number of rotatable bonds is 5. The summed E-state index contributed by atoms with van der Waals surface area (Å²) in [5.41, 5.74) is 12.9. The Morgan fingerprint density at radius 2 is 0.962 bits per heavy atom. The summed E-state index contributed by atoms with van der Waals surface area (Å²) < 4.78 is 0. The molecule has 0 atom stereocenters. The minimum atomic E-state index is 0.255. The fourth-order valence-electron chi connectivity index (χ4n) is 3.67. The molecule has 4 aromatic carbocycles. The summed E-state index contributed by atoms with van der Waals surface area (Å²) in [5.74, 6) is 0. The predicted octanol–water partition coefficient (Wildman–Crippen LogP) is 12.6. The van der Waals surface area contributed by atoms with Crippen molar-refractivity contribution >= 4 is 75.0 Å².